The third-order valence-electron chi connectivity index (χ3n) is 0.636. The zero-order chi connectivity index (χ0) is 7.49. The molecule has 0 radical (unpaired) electrons. The Hall–Kier alpha value is -0.460. The van der Waals surface area contributed by atoms with E-state index in [-0.39, 0.29) is 13.0 Å². The molecule has 9 heavy (non-hydrogen) atoms. The van der Waals surface area contributed by atoms with Crippen molar-refractivity contribution < 1.29 is 17.8 Å². The summed E-state index contributed by atoms with van der Waals surface area (Å²) in [6.07, 6.45) is -0.334. The highest BCUT2D eigenvalue weighted by Gasteiger charge is 2.15. The molecular weight excluding hydrogens is 146 g/mol. The van der Waals surface area contributed by atoms with Crippen molar-refractivity contribution in [3.63, 3.8) is 0 Å². The van der Waals surface area contributed by atoms with Crippen molar-refractivity contribution in [2.24, 2.45) is 5.73 Å². The summed E-state index contributed by atoms with van der Waals surface area (Å²) in [7, 11) is -4.48. The van der Waals surface area contributed by atoms with Gasteiger partial charge in [-0.2, -0.15) is 8.42 Å². The highest BCUT2D eigenvalue weighted by molar-refractivity contribution is 8.01. The number of hydrogen-bond donors (Lipinski definition) is 2. The minimum Gasteiger partial charge on any atom is -0.330 e. The zero-order valence-corrected chi connectivity index (χ0v) is 5.39. The van der Waals surface area contributed by atoms with Crippen molar-refractivity contribution in [2.45, 2.75) is 6.42 Å². The van der Waals surface area contributed by atoms with Crippen LogP contribution in [0.25, 0.3) is 0 Å². The molecule has 0 aliphatic heterocycles. The largest absolute Gasteiger partial charge is 0.330 e. The molecule has 0 amide bonds. The molecule has 0 atom stereocenters. The maximum atomic E-state index is 10.1. The zero-order valence-electron chi connectivity index (χ0n) is 4.57. The first-order valence-corrected chi connectivity index (χ1v) is 3.63. The second kappa shape index (κ2) is 2.90. The molecule has 0 unspecified atom stereocenters. The number of carbonyl (C=O) groups is 1. The Bertz CT molecular complexity index is 194. The summed E-state index contributed by atoms with van der Waals surface area (Å²) in [5, 5.41) is -1.23. The van der Waals surface area contributed by atoms with E-state index in [0.29, 0.717) is 0 Å². The molecule has 0 spiro atoms. The van der Waals surface area contributed by atoms with Gasteiger partial charge in [-0.05, 0) is 0 Å². The van der Waals surface area contributed by atoms with E-state index in [0.717, 1.165) is 0 Å². The minimum atomic E-state index is -4.48. The predicted octanol–water partition coefficient (Wildman–Crippen LogP) is -1.25. The number of rotatable bonds is 2. The summed E-state index contributed by atoms with van der Waals surface area (Å²) in [5.41, 5.74) is 4.83. The average molecular weight is 153 g/mol. The fourth-order valence-electron chi connectivity index (χ4n) is 0.247. The van der Waals surface area contributed by atoms with E-state index in [1.165, 1.54) is 0 Å². The second-order valence-electron chi connectivity index (χ2n) is 1.39. The predicted molar refractivity (Wildman–Crippen MR) is 30.2 cm³/mol. The van der Waals surface area contributed by atoms with Crippen LogP contribution in [0.4, 0.5) is 0 Å². The lowest BCUT2D eigenvalue weighted by Gasteiger charge is -1.89. The third kappa shape index (κ3) is 3.17. The van der Waals surface area contributed by atoms with E-state index < -0.39 is 15.2 Å². The molecule has 0 saturated heterocycles. The van der Waals surface area contributed by atoms with E-state index in [1.54, 1.807) is 0 Å². The molecule has 0 aromatic carbocycles. The molecule has 0 aliphatic rings. The van der Waals surface area contributed by atoms with Gasteiger partial charge in [0.2, 0.25) is 0 Å². The Morgan fingerprint density at radius 2 is 2.00 bits per heavy atom. The molecule has 0 heterocycles. The molecule has 3 N–H and O–H groups in total. The van der Waals surface area contributed by atoms with E-state index >= 15 is 0 Å². The van der Waals surface area contributed by atoms with Crippen molar-refractivity contribution in [3.05, 3.63) is 0 Å². The van der Waals surface area contributed by atoms with Gasteiger partial charge in [0.25, 0.3) is 5.12 Å². The summed E-state index contributed by atoms with van der Waals surface area (Å²) in [6.45, 7) is -0.0708. The van der Waals surface area contributed by atoms with Crippen LogP contribution in [0.5, 0.6) is 0 Å². The molecule has 0 fully saturated rings. The van der Waals surface area contributed by atoms with E-state index in [1.807, 2.05) is 0 Å². The van der Waals surface area contributed by atoms with Crippen molar-refractivity contribution >= 4 is 15.2 Å². The van der Waals surface area contributed by atoms with Gasteiger partial charge < -0.3 is 5.73 Å². The summed E-state index contributed by atoms with van der Waals surface area (Å²) >= 11 is 0. The molecule has 0 aromatic rings. The lowest BCUT2D eigenvalue weighted by molar-refractivity contribution is -0.112. The first-order valence-electron chi connectivity index (χ1n) is 2.19. The quantitative estimate of drug-likeness (QED) is 0.483. The molecular formula is C3H7NO4S. The molecule has 54 valence electrons. The molecule has 6 heteroatoms. The van der Waals surface area contributed by atoms with E-state index in [4.69, 9.17) is 10.3 Å². The SMILES string of the molecule is NCCC(=O)S(=O)(=O)O. The van der Waals surface area contributed by atoms with Crippen molar-refractivity contribution in [1.82, 2.24) is 0 Å². The van der Waals surface area contributed by atoms with Crippen LogP contribution in [-0.4, -0.2) is 24.6 Å². The Labute approximate surface area is 52.6 Å². The molecule has 0 bridgehead atoms. The maximum absolute atomic E-state index is 10.1. The van der Waals surface area contributed by atoms with Crippen LogP contribution in [0, 0.1) is 0 Å². The fraction of sp³-hybridized carbons (Fsp3) is 0.667. The minimum absolute atomic E-state index is 0.0708. The van der Waals surface area contributed by atoms with Gasteiger partial charge in [0.1, 0.15) is 0 Å². The topological polar surface area (TPSA) is 97.5 Å². The van der Waals surface area contributed by atoms with E-state index in [2.05, 4.69) is 0 Å². The average Bonchev–Trinajstić information content (AvgIpc) is 1.64. The van der Waals surface area contributed by atoms with Gasteiger partial charge >= 0.3 is 10.1 Å². The highest BCUT2D eigenvalue weighted by atomic mass is 32.2. The van der Waals surface area contributed by atoms with Gasteiger partial charge in [-0.25, -0.2) is 0 Å². The molecule has 5 nitrogen and oxygen atoms in total. The van der Waals surface area contributed by atoms with Crippen molar-refractivity contribution in [3.8, 4) is 0 Å². The van der Waals surface area contributed by atoms with Gasteiger partial charge in [-0.15, -0.1) is 0 Å². The lowest BCUT2D eigenvalue weighted by atomic mass is 10.5. The fourth-order valence-corrected chi connectivity index (χ4v) is 0.623. The van der Waals surface area contributed by atoms with Crippen molar-refractivity contribution in [2.75, 3.05) is 6.54 Å². The van der Waals surface area contributed by atoms with Crippen LogP contribution in [0.2, 0.25) is 0 Å². The second-order valence-corrected chi connectivity index (χ2v) is 2.79. The molecule has 0 rings (SSSR count). The van der Waals surface area contributed by atoms with Crippen LogP contribution < -0.4 is 5.73 Å². The van der Waals surface area contributed by atoms with Crippen LogP contribution in [0.3, 0.4) is 0 Å². The summed E-state index contributed by atoms with van der Waals surface area (Å²) in [5.74, 6) is 0. The Balaban J connectivity index is 4.08. The molecule has 0 aliphatic carbocycles. The highest BCUT2D eigenvalue weighted by Crippen LogP contribution is 1.88. The Morgan fingerprint density at radius 1 is 1.56 bits per heavy atom. The van der Waals surface area contributed by atoms with Crippen LogP contribution in [-0.2, 0) is 14.9 Å². The monoisotopic (exact) mass is 153 g/mol. The smallest absolute Gasteiger partial charge is 0.328 e. The van der Waals surface area contributed by atoms with Gasteiger partial charge in [-0.3, -0.25) is 9.35 Å². The summed E-state index contributed by atoms with van der Waals surface area (Å²) < 4.78 is 27.7. The first-order chi connectivity index (χ1) is 3.98. The normalized spacial score (nSPS) is 11.3. The summed E-state index contributed by atoms with van der Waals surface area (Å²) in [4.78, 5) is 10.1. The van der Waals surface area contributed by atoms with Crippen LogP contribution in [0.15, 0.2) is 0 Å². The lowest BCUT2D eigenvalue weighted by Crippen LogP contribution is -2.16. The van der Waals surface area contributed by atoms with Crippen LogP contribution >= 0.6 is 0 Å². The standard InChI is InChI=1S/C3H7NO4S/c4-2-1-3(5)9(6,7)8/h1-2,4H2,(H,6,7,8). The van der Waals surface area contributed by atoms with Gasteiger partial charge in [0.05, 0.1) is 0 Å². The van der Waals surface area contributed by atoms with Crippen LogP contribution in [0.1, 0.15) is 6.42 Å². The van der Waals surface area contributed by atoms with Gasteiger partial charge in [-0.1, -0.05) is 0 Å². The summed E-state index contributed by atoms with van der Waals surface area (Å²) in [6, 6.07) is 0. The first kappa shape index (κ1) is 8.54. The Morgan fingerprint density at radius 3 is 2.11 bits per heavy atom. The molecule has 0 aromatic heterocycles. The van der Waals surface area contributed by atoms with Crippen molar-refractivity contribution in [1.29, 1.82) is 0 Å². The number of nitrogens with two attached hydrogens (primary N) is 1. The van der Waals surface area contributed by atoms with Gasteiger partial charge in [0, 0.05) is 13.0 Å². The molecule has 0 saturated carbocycles. The Kier molecular flexibility index (Phi) is 2.75. The van der Waals surface area contributed by atoms with E-state index in [9.17, 15) is 13.2 Å². The maximum Gasteiger partial charge on any atom is 0.328 e. The third-order valence-corrected chi connectivity index (χ3v) is 1.42. The number of carbonyl (C=O) groups excluding carboxylic acids is 1. The van der Waals surface area contributed by atoms with Gasteiger partial charge in [0.15, 0.2) is 0 Å². The number of hydrogen-bond acceptors (Lipinski definition) is 4.